The van der Waals surface area contributed by atoms with Gasteiger partial charge in [-0.05, 0) is 51.3 Å². The maximum absolute atomic E-state index is 9.73. The van der Waals surface area contributed by atoms with Gasteiger partial charge in [-0.25, -0.2) is 4.98 Å². The lowest BCUT2D eigenvalue weighted by molar-refractivity contribution is 0.262. The molecule has 0 bridgehead atoms. The number of aryl methyl sites for hydroxylation is 1. The van der Waals surface area contributed by atoms with Gasteiger partial charge in [-0.1, -0.05) is 20.9 Å². The average molecular weight is 333 g/mol. The summed E-state index contributed by atoms with van der Waals surface area (Å²) in [7, 11) is 4.62. The van der Waals surface area contributed by atoms with Gasteiger partial charge in [-0.3, -0.25) is 0 Å². The number of hydrogen-bond acceptors (Lipinski definition) is 4. The molecule has 0 amide bonds. The van der Waals surface area contributed by atoms with Crippen LogP contribution in [0.25, 0.3) is 0 Å². The van der Waals surface area contributed by atoms with E-state index in [0.717, 1.165) is 43.7 Å². The fourth-order valence-corrected chi connectivity index (χ4v) is 4.36. The van der Waals surface area contributed by atoms with Gasteiger partial charge in [0.25, 0.3) is 0 Å². The van der Waals surface area contributed by atoms with Crippen molar-refractivity contribution in [2.45, 2.75) is 38.6 Å². The van der Waals surface area contributed by atoms with Crippen LogP contribution in [0.1, 0.15) is 31.0 Å². The Balaban J connectivity index is 1.66. The molecule has 0 aromatic carbocycles. The minimum absolute atomic E-state index is 0.253. The van der Waals surface area contributed by atoms with E-state index in [2.05, 4.69) is 44.5 Å². The maximum Gasteiger partial charge on any atom is 0.141 e. The Morgan fingerprint density at radius 3 is 3.00 bits per heavy atom. The van der Waals surface area contributed by atoms with Crippen molar-refractivity contribution in [3.8, 4) is 5.75 Å². The molecule has 23 heavy (non-hydrogen) atoms. The van der Waals surface area contributed by atoms with Gasteiger partial charge >= 0.3 is 0 Å². The lowest BCUT2D eigenvalue weighted by Crippen LogP contribution is -2.51. The normalized spacial score (nSPS) is 27.8. The van der Waals surface area contributed by atoms with Crippen molar-refractivity contribution in [2.75, 3.05) is 26.7 Å². The third kappa shape index (κ3) is 3.31. The first-order valence-corrected chi connectivity index (χ1v) is 9.03. The predicted molar refractivity (Wildman–Crippen MR) is 98.4 cm³/mol. The molecule has 1 aromatic heterocycles. The Bertz CT molecular complexity index is 631. The Hall–Kier alpha value is -0.960. The number of likely N-dealkylation sites (N-methyl/N-ethyl adjacent to an activating group) is 1. The molecule has 0 radical (unpaired) electrons. The fourth-order valence-electron chi connectivity index (χ4n) is 4.12. The van der Waals surface area contributed by atoms with Gasteiger partial charge in [0.1, 0.15) is 5.75 Å². The molecule has 3 rings (SSSR count). The monoisotopic (exact) mass is 333 g/mol. The molecule has 4 nitrogen and oxygen atoms in total. The first-order valence-electron chi connectivity index (χ1n) is 8.45. The third-order valence-electron chi connectivity index (χ3n) is 5.64. The maximum atomic E-state index is 9.73. The van der Waals surface area contributed by atoms with Crippen LogP contribution in [0, 0.1) is 12.8 Å². The highest BCUT2D eigenvalue weighted by atomic mass is 31.0. The van der Waals surface area contributed by atoms with Gasteiger partial charge in [0.2, 0.25) is 0 Å². The highest BCUT2D eigenvalue weighted by Crippen LogP contribution is 2.39. The van der Waals surface area contributed by atoms with E-state index in [9.17, 15) is 5.11 Å². The number of hydrogen-bond donors (Lipinski definition) is 2. The van der Waals surface area contributed by atoms with E-state index >= 15 is 0 Å². The summed E-state index contributed by atoms with van der Waals surface area (Å²) in [5, 5.41) is 13.3. The number of fused-ring (bicyclic) bond motifs is 1. The van der Waals surface area contributed by atoms with Crippen molar-refractivity contribution < 1.29 is 5.11 Å². The van der Waals surface area contributed by atoms with Crippen LogP contribution < -0.4 is 10.8 Å². The summed E-state index contributed by atoms with van der Waals surface area (Å²) >= 11 is 0. The van der Waals surface area contributed by atoms with E-state index in [1.54, 1.807) is 0 Å². The molecule has 3 atom stereocenters. The van der Waals surface area contributed by atoms with E-state index < -0.39 is 0 Å². The molecule has 5 heteroatoms. The second-order valence-corrected chi connectivity index (χ2v) is 7.75. The second-order valence-electron chi connectivity index (χ2n) is 7.20. The largest absolute Gasteiger partial charge is 0.506 e. The Labute approximate surface area is 141 Å². The van der Waals surface area contributed by atoms with Crippen LogP contribution in [0.5, 0.6) is 5.75 Å². The zero-order chi connectivity index (χ0) is 16.6. The lowest BCUT2D eigenvalue weighted by atomic mass is 9.76. The number of pyridine rings is 1. The van der Waals surface area contributed by atoms with E-state index in [1.165, 1.54) is 12.0 Å². The Morgan fingerprint density at radius 2 is 2.26 bits per heavy atom. The van der Waals surface area contributed by atoms with Crippen LogP contribution in [-0.4, -0.2) is 47.2 Å². The Kier molecular flexibility index (Phi) is 4.78. The highest BCUT2D eigenvalue weighted by Gasteiger charge is 2.45. The van der Waals surface area contributed by atoms with Crippen molar-refractivity contribution in [3.05, 3.63) is 29.0 Å². The van der Waals surface area contributed by atoms with Crippen LogP contribution in [0.15, 0.2) is 17.7 Å². The molecule has 1 saturated heterocycles. The molecule has 1 aromatic rings. The van der Waals surface area contributed by atoms with E-state index in [-0.39, 0.29) is 11.3 Å². The minimum Gasteiger partial charge on any atom is -0.506 e. The summed E-state index contributed by atoms with van der Waals surface area (Å²) in [6, 6.07) is 1.82. The molecule has 1 aliphatic heterocycles. The number of nitrogens with zero attached hydrogens (tertiary/aromatic N) is 2. The van der Waals surface area contributed by atoms with E-state index in [4.69, 9.17) is 0 Å². The van der Waals surface area contributed by atoms with Gasteiger partial charge in [0.15, 0.2) is 0 Å². The van der Waals surface area contributed by atoms with Crippen molar-refractivity contribution in [3.63, 3.8) is 0 Å². The van der Waals surface area contributed by atoms with Crippen molar-refractivity contribution in [1.82, 2.24) is 15.2 Å². The average Bonchev–Trinajstić information content (AvgIpc) is 2.88. The SMILES string of the molecule is CN[C@@]12CC=C(C)C[C@@H]1CN(CCc1nc(P)c(O)cc1C)C2. The predicted octanol–water partition coefficient (Wildman–Crippen LogP) is 1.77. The van der Waals surface area contributed by atoms with Crippen LogP contribution in [0.4, 0.5) is 0 Å². The van der Waals surface area contributed by atoms with Crippen LogP contribution in [0.2, 0.25) is 0 Å². The van der Waals surface area contributed by atoms with Gasteiger partial charge < -0.3 is 15.3 Å². The summed E-state index contributed by atoms with van der Waals surface area (Å²) in [6.45, 7) is 7.59. The molecule has 1 fully saturated rings. The van der Waals surface area contributed by atoms with Crippen molar-refractivity contribution in [2.24, 2.45) is 5.92 Å². The summed E-state index contributed by atoms with van der Waals surface area (Å²) in [6.07, 6.45) is 5.70. The molecule has 1 aliphatic carbocycles. The Morgan fingerprint density at radius 1 is 1.48 bits per heavy atom. The van der Waals surface area contributed by atoms with Crippen LogP contribution >= 0.6 is 9.24 Å². The smallest absolute Gasteiger partial charge is 0.141 e. The van der Waals surface area contributed by atoms with Crippen LogP contribution in [-0.2, 0) is 6.42 Å². The number of aromatic hydroxyl groups is 1. The minimum atomic E-state index is 0.253. The van der Waals surface area contributed by atoms with E-state index in [1.807, 2.05) is 13.0 Å². The third-order valence-corrected chi connectivity index (χ3v) is 6.06. The first-order chi connectivity index (χ1) is 10.9. The molecule has 2 heterocycles. The molecular formula is C18H28N3OP. The lowest BCUT2D eigenvalue weighted by Gasteiger charge is -2.37. The summed E-state index contributed by atoms with van der Waals surface area (Å²) in [5.74, 6) is 0.975. The zero-order valence-corrected chi connectivity index (χ0v) is 15.5. The topological polar surface area (TPSA) is 48.4 Å². The van der Waals surface area contributed by atoms with Crippen molar-refractivity contribution in [1.29, 1.82) is 0 Å². The number of aromatic nitrogens is 1. The highest BCUT2D eigenvalue weighted by molar-refractivity contribution is 7.27. The number of likely N-dealkylation sites (tertiary alicyclic amines) is 1. The van der Waals surface area contributed by atoms with E-state index in [0.29, 0.717) is 11.4 Å². The molecule has 0 spiro atoms. The number of nitrogens with one attached hydrogen (secondary N) is 1. The zero-order valence-electron chi connectivity index (χ0n) is 14.4. The molecule has 126 valence electrons. The van der Waals surface area contributed by atoms with Crippen molar-refractivity contribution >= 4 is 14.7 Å². The second kappa shape index (κ2) is 6.51. The van der Waals surface area contributed by atoms with Gasteiger partial charge in [0, 0.05) is 37.3 Å². The number of allylic oxidation sites excluding steroid dienone is 1. The summed E-state index contributed by atoms with van der Waals surface area (Å²) < 4.78 is 0. The molecule has 1 unspecified atom stereocenters. The number of rotatable bonds is 4. The van der Waals surface area contributed by atoms with Crippen LogP contribution in [0.3, 0.4) is 0 Å². The standard InChI is InChI=1S/C18H28N3OP/c1-12-4-6-18(19-3)11-21(10-14(18)8-12)7-5-15-13(2)9-16(22)17(23)20-15/h4,9,14,19,22H,5-8,10-11,23H2,1-3H3/t14-,18-/m1/s1. The summed E-state index contributed by atoms with van der Waals surface area (Å²) in [5.41, 5.74) is 4.60. The van der Waals surface area contributed by atoms with Gasteiger partial charge in [-0.2, -0.15) is 0 Å². The van der Waals surface area contributed by atoms with Gasteiger partial charge in [0.05, 0.1) is 5.44 Å². The first kappa shape index (κ1) is 16.9. The molecule has 2 aliphatic rings. The molecule has 0 saturated carbocycles. The fraction of sp³-hybridized carbons (Fsp3) is 0.611. The van der Waals surface area contributed by atoms with Gasteiger partial charge in [-0.15, -0.1) is 0 Å². The quantitative estimate of drug-likeness (QED) is 0.651. The summed E-state index contributed by atoms with van der Waals surface area (Å²) in [4.78, 5) is 7.11. The molecular weight excluding hydrogens is 305 g/mol. The molecule has 2 N–H and O–H groups in total.